The van der Waals surface area contributed by atoms with E-state index in [0.29, 0.717) is 0 Å². The summed E-state index contributed by atoms with van der Waals surface area (Å²) in [6.07, 6.45) is 0. The van der Waals surface area contributed by atoms with Crippen molar-refractivity contribution in [3.63, 3.8) is 0 Å². The molecular weight excluding hydrogens is 895 g/mol. The van der Waals surface area contributed by atoms with Crippen LogP contribution in [0.1, 0.15) is 60.4 Å². The van der Waals surface area contributed by atoms with Crippen molar-refractivity contribution in [1.29, 1.82) is 0 Å². The third-order valence-corrected chi connectivity index (χ3v) is 15.6. The number of rotatable bonds is 7. The van der Waals surface area contributed by atoms with Gasteiger partial charge in [-0.3, -0.25) is 4.79 Å². The summed E-state index contributed by atoms with van der Waals surface area (Å²) >= 11 is 0. The van der Waals surface area contributed by atoms with Crippen molar-refractivity contribution in [2.24, 2.45) is 0 Å². The Bertz CT molecular complexity index is 3780. The summed E-state index contributed by atoms with van der Waals surface area (Å²) in [6, 6.07) is 90.6. The molecule has 13 rings (SSSR count). The van der Waals surface area contributed by atoms with Gasteiger partial charge in [0.2, 0.25) is 0 Å². The molecule has 1 aliphatic heterocycles. The Morgan fingerprint density at radius 3 is 1.11 bits per heavy atom. The van der Waals surface area contributed by atoms with Gasteiger partial charge in [-0.2, -0.15) is 0 Å². The van der Waals surface area contributed by atoms with Crippen molar-refractivity contribution < 1.29 is 4.79 Å². The number of ketones is 1. The summed E-state index contributed by atoms with van der Waals surface area (Å²) in [5.74, 6) is 0.0464. The van der Waals surface area contributed by atoms with Crippen molar-refractivity contribution in [3.05, 3.63) is 304 Å². The number of benzene rings is 11. The first kappa shape index (κ1) is 44.8. The fourth-order valence-corrected chi connectivity index (χ4v) is 12.2. The van der Waals surface area contributed by atoms with Gasteiger partial charge in [-0.15, -0.1) is 0 Å². The first-order valence-corrected chi connectivity index (χ1v) is 25.7. The lowest BCUT2D eigenvalue weighted by molar-refractivity contribution is 0.103. The smallest absolute Gasteiger partial charge is 0.193 e. The molecule has 11 aromatic rings. The van der Waals surface area contributed by atoms with E-state index in [0.717, 1.165) is 95.0 Å². The zero-order valence-electron chi connectivity index (χ0n) is 42.0. The molecule has 0 saturated carbocycles. The Hall–Kier alpha value is -9.11. The van der Waals surface area contributed by atoms with Gasteiger partial charge in [0.1, 0.15) is 0 Å². The molecule has 0 saturated heterocycles. The van der Waals surface area contributed by atoms with E-state index < -0.39 is 5.41 Å². The van der Waals surface area contributed by atoms with Gasteiger partial charge in [0.25, 0.3) is 0 Å². The normalized spacial score (nSPS) is 13.0. The minimum atomic E-state index is -0.913. The summed E-state index contributed by atoms with van der Waals surface area (Å²) in [6.45, 7) is 8.78. The van der Waals surface area contributed by atoms with Crippen molar-refractivity contribution >= 4 is 22.8 Å². The van der Waals surface area contributed by atoms with Crippen LogP contribution >= 0.6 is 0 Å². The molecule has 2 heteroatoms. The standard InChI is InChI=1S/C72H53NO/c1-46-29-33-61(48(3)37-46)58-41-59(62-34-30-47(2)38-49(62)4)43-60(42-58)73-69-35-31-56(54-23-15-21-52(39-54)50-17-7-5-8-18-50)44-67(69)72(65-27-13-11-25-63(65)71(74)64-26-12-14-28-66(64)72)68-45-57(32-36-70(68)73)55-24-16-22-53(40-55)51-19-9-6-10-20-51/h5-45H,1-4H3. The minimum absolute atomic E-state index is 0.0464. The number of fused-ring (bicyclic) bond motifs is 8. The lowest BCUT2D eigenvalue weighted by atomic mass is 9.57. The minimum Gasteiger partial charge on any atom is -0.310 e. The summed E-state index contributed by atoms with van der Waals surface area (Å²) < 4.78 is 0. The van der Waals surface area contributed by atoms with Crippen LogP contribution in [-0.2, 0) is 5.41 Å². The third-order valence-electron chi connectivity index (χ3n) is 15.6. The topological polar surface area (TPSA) is 20.3 Å². The summed E-state index contributed by atoms with van der Waals surface area (Å²) in [5, 5.41) is 0. The molecule has 0 amide bonds. The fourth-order valence-electron chi connectivity index (χ4n) is 12.2. The maximum Gasteiger partial charge on any atom is 0.193 e. The number of nitrogens with zero attached hydrogens (tertiary/aromatic N) is 1. The molecule has 74 heavy (non-hydrogen) atoms. The van der Waals surface area contributed by atoms with Crippen molar-refractivity contribution in [1.82, 2.24) is 0 Å². The Kier molecular flexibility index (Phi) is 10.8. The lowest BCUT2D eigenvalue weighted by Crippen LogP contribution is -2.42. The van der Waals surface area contributed by atoms with Gasteiger partial charge in [-0.05, 0) is 182 Å². The average molecular weight is 948 g/mol. The van der Waals surface area contributed by atoms with Gasteiger partial charge in [-0.25, -0.2) is 0 Å². The fraction of sp³-hybridized carbons (Fsp3) is 0.0694. The average Bonchev–Trinajstić information content (AvgIpc) is 3.44. The van der Waals surface area contributed by atoms with E-state index in [2.05, 4.69) is 257 Å². The molecule has 0 radical (unpaired) electrons. The largest absolute Gasteiger partial charge is 0.310 e. The van der Waals surface area contributed by atoms with Gasteiger partial charge < -0.3 is 4.90 Å². The zero-order chi connectivity index (χ0) is 50.1. The first-order valence-electron chi connectivity index (χ1n) is 25.7. The molecule has 1 aliphatic carbocycles. The van der Waals surface area contributed by atoms with Crippen LogP contribution in [0, 0.1) is 27.7 Å². The van der Waals surface area contributed by atoms with Crippen LogP contribution in [0.15, 0.2) is 249 Å². The van der Waals surface area contributed by atoms with E-state index in [1.165, 1.54) is 44.5 Å². The lowest BCUT2D eigenvalue weighted by Gasteiger charge is -2.49. The highest BCUT2D eigenvalue weighted by Crippen LogP contribution is 2.62. The van der Waals surface area contributed by atoms with Crippen LogP contribution < -0.4 is 4.90 Å². The molecule has 2 aliphatic rings. The first-order chi connectivity index (χ1) is 36.2. The predicted molar refractivity (Wildman–Crippen MR) is 308 cm³/mol. The molecule has 0 unspecified atom stereocenters. The number of anilines is 3. The van der Waals surface area contributed by atoms with Crippen molar-refractivity contribution in [2.75, 3.05) is 4.90 Å². The molecule has 0 atom stereocenters. The van der Waals surface area contributed by atoms with E-state index in [4.69, 9.17) is 0 Å². The molecule has 2 nitrogen and oxygen atoms in total. The molecule has 1 heterocycles. The maximum atomic E-state index is 15.0. The highest BCUT2D eigenvalue weighted by Gasteiger charge is 2.52. The highest BCUT2D eigenvalue weighted by atomic mass is 16.1. The number of hydrogen-bond acceptors (Lipinski definition) is 2. The Balaban J connectivity index is 1.15. The van der Waals surface area contributed by atoms with E-state index in [-0.39, 0.29) is 5.78 Å². The summed E-state index contributed by atoms with van der Waals surface area (Å²) in [7, 11) is 0. The molecule has 0 bridgehead atoms. The second kappa shape index (κ2) is 17.9. The van der Waals surface area contributed by atoms with Crippen LogP contribution in [0.4, 0.5) is 17.1 Å². The van der Waals surface area contributed by atoms with Gasteiger partial charge in [0.05, 0.1) is 16.8 Å². The van der Waals surface area contributed by atoms with Gasteiger partial charge in [0, 0.05) is 16.8 Å². The van der Waals surface area contributed by atoms with E-state index in [1.807, 2.05) is 24.3 Å². The molecular formula is C72H53NO. The Morgan fingerprint density at radius 2 is 0.662 bits per heavy atom. The summed E-state index contributed by atoms with van der Waals surface area (Å²) in [5.41, 5.74) is 26.6. The second-order valence-corrected chi connectivity index (χ2v) is 20.3. The Labute approximate surface area is 434 Å². The second-order valence-electron chi connectivity index (χ2n) is 20.3. The van der Waals surface area contributed by atoms with Gasteiger partial charge in [-0.1, -0.05) is 205 Å². The van der Waals surface area contributed by atoms with Gasteiger partial charge >= 0.3 is 0 Å². The van der Waals surface area contributed by atoms with Crippen molar-refractivity contribution in [3.8, 4) is 66.8 Å². The predicted octanol–water partition coefficient (Wildman–Crippen LogP) is 18.6. The van der Waals surface area contributed by atoms with Crippen LogP contribution in [0.25, 0.3) is 66.8 Å². The maximum absolute atomic E-state index is 15.0. The molecule has 11 aromatic carbocycles. The van der Waals surface area contributed by atoms with E-state index in [9.17, 15) is 4.79 Å². The molecule has 0 fully saturated rings. The monoisotopic (exact) mass is 947 g/mol. The van der Waals surface area contributed by atoms with Crippen molar-refractivity contribution in [2.45, 2.75) is 33.1 Å². The van der Waals surface area contributed by atoms with Crippen LogP contribution in [0.2, 0.25) is 0 Å². The highest BCUT2D eigenvalue weighted by molar-refractivity contribution is 6.15. The van der Waals surface area contributed by atoms with Crippen LogP contribution in [0.5, 0.6) is 0 Å². The SMILES string of the molecule is Cc1ccc(-c2cc(-c3ccc(C)cc3C)cc(N3c4ccc(-c5cccc(-c6ccccc6)c5)cc4C4(c5ccccc5C(=O)c5ccccc54)c4cc(-c5cccc(-c6ccccc6)c5)ccc43)c2)c(C)c1. The molecule has 1 spiro atoms. The van der Waals surface area contributed by atoms with Crippen LogP contribution in [0.3, 0.4) is 0 Å². The molecule has 0 N–H and O–H groups in total. The summed E-state index contributed by atoms with van der Waals surface area (Å²) in [4.78, 5) is 17.5. The van der Waals surface area contributed by atoms with E-state index >= 15 is 0 Å². The molecule has 352 valence electrons. The van der Waals surface area contributed by atoms with Crippen LogP contribution in [-0.4, -0.2) is 5.78 Å². The quantitative estimate of drug-likeness (QED) is 0.159. The number of hydrogen-bond donors (Lipinski definition) is 0. The van der Waals surface area contributed by atoms with E-state index in [1.54, 1.807) is 0 Å². The molecule has 0 aromatic heterocycles. The van der Waals surface area contributed by atoms with Gasteiger partial charge in [0.15, 0.2) is 5.78 Å². The number of carbonyl (C=O) groups excluding carboxylic acids is 1. The number of aryl methyl sites for hydroxylation is 4. The number of carbonyl (C=O) groups is 1. The Morgan fingerprint density at radius 1 is 0.284 bits per heavy atom. The zero-order valence-corrected chi connectivity index (χ0v) is 42.0. The third kappa shape index (κ3) is 7.36.